The van der Waals surface area contributed by atoms with E-state index in [1.807, 2.05) is 6.07 Å². The number of nitriles is 1. The fraction of sp³-hybridized carbons (Fsp3) is 0.429. The lowest BCUT2D eigenvalue weighted by molar-refractivity contribution is 0.101. The molecule has 0 fully saturated rings. The highest BCUT2D eigenvalue weighted by Crippen LogP contribution is 2.23. The summed E-state index contributed by atoms with van der Waals surface area (Å²) >= 11 is 0. The molecular weight excluding hydrogens is 278 g/mol. The van der Waals surface area contributed by atoms with E-state index in [0.717, 1.165) is 5.56 Å². The quantitative estimate of drug-likeness (QED) is 0.438. The van der Waals surface area contributed by atoms with Crippen LogP contribution in [0, 0.1) is 18.3 Å². The van der Waals surface area contributed by atoms with Gasteiger partial charge in [-0.1, -0.05) is 6.07 Å². The average molecular weight is 295 g/mol. The molecule has 0 aliphatic carbocycles. The molecule has 0 aliphatic heterocycles. The Bertz CT molecular complexity index is 629. The third kappa shape index (κ3) is 5.02. The molecule has 0 radical (unpaired) electrons. The van der Waals surface area contributed by atoms with Gasteiger partial charge in [-0.3, -0.25) is 4.79 Å². The molecule has 1 rings (SSSR count). The molecule has 6 heteroatoms. The van der Waals surface area contributed by atoms with Crippen LogP contribution in [-0.2, 0) is 10.1 Å². The predicted molar refractivity (Wildman–Crippen MR) is 75.1 cm³/mol. The second kappa shape index (κ2) is 7.06. The number of hydrogen-bond acceptors (Lipinski definition) is 5. The third-order valence-electron chi connectivity index (χ3n) is 2.67. The van der Waals surface area contributed by atoms with Crippen molar-refractivity contribution in [2.24, 2.45) is 0 Å². The van der Waals surface area contributed by atoms with Gasteiger partial charge in [0.05, 0.1) is 17.4 Å². The first-order valence-corrected chi connectivity index (χ1v) is 7.84. The van der Waals surface area contributed by atoms with Crippen molar-refractivity contribution >= 4 is 15.9 Å². The van der Waals surface area contributed by atoms with E-state index in [2.05, 4.69) is 0 Å². The van der Waals surface area contributed by atoms with Crippen molar-refractivity contribution in [1.29, 1.82) is 5.26 Å². The first-order valence-electron chi connectivity index (χ1n) is 6.26. The molecule has 0 atom stereocenters. The van der Waals surface area contributed by atoms with E-state index in [0.29, 0.717) is 19.3 Å². The highest BCUT2D eigenvalue weighted by atomic mass is 32.2. The summed E-state index contributed by atoms with van der Waals surface area (Å²) in [5.74, 6) is -0.350. The Labute approximate surface area is 119 Å². The van der Waals surface area contributed by atoms with Crippen LogP contribution in [0.25, 0.3) is 0 Å². The molecule has 0 saturated carbocycles. The second-order valence-electron chi connectivity index (χ2n) is 4.52. The molecule has 1 aromatic rings. The topological polar surface area (TPSA) is 84.2 Å². The van der Waals surface area contributed by atoms with Crippen LogP contribution in [0.1, 0.15) is 42.1 Å². The normalized spacial score (nSPS) is 10.8. The number of rotatable bonds is 7. The summed E-state index contributed by atoms with van der Waals surface area (Å²) in [7, 11) is -3.75. The summed E-state index contributed by atoms with van der Waals surface area (Å²) in [6, 6.07) is 6.77. The number of aryl methyl sites for hydroxylation is 1. The molecule has 5 nitrogen and oxygen atoms in total. The van der Waals surface area contributed by atoms with Gasteiger partial charge in [0.15, 0.2) is 11.5 Å². The zero-order valence-electron chi connectivity index (χ0n) is 11.5. The lowest BCUT2D eigenvalue weighted by Gasteiger charge is -2.10. The van der Waals surface area contributed by atoms with Gasteiger partial charge in [-0.2, -0.15) is 13.7 Å². The van der Waals surface area contributed by atoms with Crippen LogP contribution < -0.4 is 4.18 Å². The summed E-state index contributed by atoms with van der Waals surface area (Å²) in [6.45, 7) is 3.15. The van der Waals surface area contributed by atoms with Gasteiger partial charge >= 0.3 is 10.1 Å². The Morgan fingerprint density at radius 1 is 1.35 bits per heavy atom. The van der Waals surface area contributed by atoms with E-state index >= 15 is 0 Å². The fourth-order valence-corrected chi connectivity index (χ4v) is 2.70. The van der Waals surface area contributed by atoms with Gasteiger partial charge in [0.1, 0.15) is 0 Å². The maximum absolute atomic E-state index is 11.8. The number of carbonyl (C=O) groups excluding carboxylic acids is 1. The van der Waals surface area contributed by atoms with Crippen molar-refractivity contribution in [3.05, 3.63) is 29.3 Å². The van der Waals surface area contributed by atoms with E-state index in [4.69, 9.17) is 9.44 Å². The van der Waals surface area contributed by atoms with Gasteiger partial charge in [-0.05, 0) is 44.4 Å². The smallest absolute Gasteiger partial charge is 0.309 e. The van der Waals surface area contributed by atoms with Crippen LogP contribution in [0.15, 0.2) is 18.2 Å². The van der Waals surface area contributed by atoms with Gasteiger partial charge in [-0.15, -0.1) is 0 Å². The van der Waals surface area contributed by atoms with Crippen molar-refractivity contribution < 1.29 is 17.4 Å². The zero-order valence-corrected chi connectivity index (χ0v) is 12.4. The van der Waals surface area contributed by atoms with Crippen LogP contribution in [0.5, 0.6) is 5.75 Å². The first-order chi connectivity index (χ1) is 9.35. The van der Waals surface area contributed by atoms with E-state index < -0.39 is 10.1 Å². The summed E-state index contributed by atoms with van der Waals surface area (Å²) in [5, 5.41) is 8.39. The van der Waals surface area contributed by atoms with Crippen LogP contribution in [-0.4, -0.2) is 20.0 Å². The monoisotopic (exact) mass is 295 g/mol. The molecule has 20 heavy (non-hydrogen) atoms. The van der Waals surface area contributed by atoms with Crippen LogP contribution in [0.4, 0.5) is 0 Å². The summed E-state index contributed by atoms with van der Waals surface area (Å²) in [4.78, 5) is 11.5. The van der Waals surface area contributed by atoms with Crippen LogP contribution in [0.3, 0.4) is 0 Å². The molecule has 0 amide bonds. The molecule has 1 aromatic carbocycles. The molecule has 0 aliphatic rings. The molecule has 0 saturated heterocycles. The average Bonchev–Trinajstić information content (AvgIpc) is 2.34. The van der Waals surface area contributed by atoms with E-state index in [1.165, 1.54) is 13.0 Å². The van der Waals surface area contributed by atoms with Crippen molar-refractivity contribution in [2.45, 2.75) is 33.1 Å². The molecular formula is C14H17NO4S. The first kappa shape index (κ1) is 16.2. The van der Waals surface area contributed by atoms with Crippen molar-refractivity contribution in [3.63, 3.8) is 0 Å². The molecule has 0 N–H and O–H groups in total. The maximum Gasteiger partial charge on any atom is 0.309 e. The number of hydrogen-bond donors (Lipinski definition) is 0. The maximum atomic E-state index is 11.8. The van der Waals surface area contributed by atoms with Crippen LogP contribution in [0.2, 0.25) is 0 Å². The van der Waals surface area contributed by atoms with Gasteiger partial charge in [0.25, 0.3) is 0 Å². The Balaban J connectivity index is 2.84. The molecule has 108 valence electrons. The number of benzene rings is 1. The molecule has 0 unspecified atom stereocenters. The van der Waals surface area contributed by atoms with E-state index in [-0.39, 0.29) is 22.8 Å². The second-order valence-corrected chi connectivity index (χ2v) is 6.21. The Morgan fingerprint density at radius 3 is 2.65 bits per heavy atom. The highest BCUT2D eigenvalue weighted by molar-refractivity contribution is 7.87. The number of nitrogens with zero attached hydrogens (tertiary/aromatic N) is 1. The standard InChI is InChI=1S/C14H17NO4S/c1-11-6-7-13(12(2)16)14(10-11)19-20(17,18)9-5-3-4-8-15/h6-7,10H,3-5,9H2,1-2H3. The number of ketones is 1. The third-order valence-corrected chi connectivity index (χ3v) is 3.89. The summed E-state index contributed by atoms with van der Waals surface area (Å²) < 4.78 is 28.7. The number of unbranched alkanes of at least 4 members (excludes halogenated alkanes) is 2. The summed E-state index contributed by atoms with van der Waals surface area (Å²) in [6.07, 6.45) is 1.18. The molecule has 0 heterocycles. The Kier molecular flexibility index (Phi) is 5.71. The zero-order chi connectivity index (χ0) is 15.2. The van der Waals surface area contributed by atoms with Gasteiger partial charge < -0.3 is 4.18 Å². The van der Waals surface area contributed by atoms with E-state index in [1.54, 1.807) is 19.1 Å². The highest BCUT2D eigenvalue weighted by Gasteiger charge is 2.17. The predicted octanol–water partition coefficient (Wildman–Crippen LogP) is 2.60. The van der Waals surface area contributed by atoms with Gasteiger partial charge in [0.2, 0.25) is 0 Å². The molecule has 0 bridgehead atoms. The number of Topliss-reactive ketones (excluding diaryl/α,β-unsaturated/α-hetero) is 1. The summed E-state index contributed by atoms with van der Waals surface area (Å²) in [5.41, 5.74) is 1.06. The minimum Gasteiger partial charge on any atom is -0.382 e. The lowest BCUT2D eigenvalue weighted by atomic mass is 10.1. The van der Waals surface area contributed by atoms with Gasteiger partial charge in [0, 0.05) is 6.42 Å². The largest absolute Gasteiger partial charge is 0.382 e. The SMILES string of the molecule is CC(=O)c1ccc(C)cc1OS(=O)(=O)CCCCC#N. The van der Waals surface area contributed by atoms with Crippen molar-refractivity contribution in [2.75, 3.05) is 5.75 Å². The van der Waals surface area contributed by atoms with E-state index in [9.17, 15) is 13.2 Å². The lowest BCUT2D eigenvalue weighted by Crippen LogP contribution is -2.15. The fourth-order valence-electron chi connectivity index (χ4n) is 1.65. The molecule has 0 aromatic heterocycles. The minimum absolute atomic E-state index is 0.0674. The van der Waals surface area contributed by atoms with Crippen LogP contribution >= 0.6 is 0 Å². The van der Waals surface area contributed by atoms with Crippen molar-refractivity contribution in [1.82, 2.24) is 0 Å². The Hall–Kier alpha value is -1.87. The minimum atomic E-state index is -3.75. The van der Waals surface area contributed by atoms with Crippen molar-refractivity contribution in [3.8, 4) is 11.8 Å². The van der Waals surface area contributed by atoms with Gasteiger partial charge in [-0.25, -0.2) is 0 Å². The Morgan fingerprint density at radius 2 is 2.05 bits per heavy atom. The number of carbonyl (C=O) groups is 1. The molecule has 0 spiro atoms.